The predicted octanol–water partition coefficient (Wildman–Crippen LogP) is 2.33. The molecular weight excluding hydrogens is 1320 g/mol. The minimum Gasteiger partial charge on any atom is -0.497 e. The molecule has 9 heterocycles. The van der Waals surface area contributed by atoms with Gasteiger partial charge in [-0.1, -0.05) is 47.8 Å². The van der Waals surface area contributed by atoms with E-state index in [1.807, 2.05) is 0 Å². The number of carboxylic acid groups (broad SMARTS) is 1. The first kappa shape index (κ1) is 67.7. The highest BCUT2D eigenvalue weighted by Gasteiger charge is 2.51. The van der Waals surface area contributed by atoms with Gasteiger partial charge in [0.15, 0.2) is 22.6 Å². The van der Waals surface area contributed by atoms with Crippen LogP contribution in [-0.2, 0) is 43.5 Å². The summed E-state index contributed by atoms with van der Waals surface area (Å²) in [6.45, 7) is 0.280. The van der Waals surface area contributed by atoms with Crippen LogP contribution in [0.25, 0.3) is 0 Å². The highest BCUT2D eigenvalue weighted by molar-refractivity contribution is 9.10. The van der Waals surface area contributed by atoms with E-state index in [9.17, 15) is 62.6 Å². The van der Waals surface area contributed by atoms with Gasteiger partial charge >= 0.3 is 36.0 Å². The summed E-state index contributed by atoms with van der Waals surface area (Å²) in [4.78, 5) is 161. The van der Waals surface area contributed by atoms with Crippen LogP contribution >= 0.6 is 15.9 Å². The molecule has 3 saturated heterocycles. The molecule has 0 unspecified atom stereocenters. The van der Waals surface area contributed by atoms with Crippen LogP contribution < -0.4 is 46.1 Å². The number of carbonyl (C=O) groups is 12. The van der Waals surface area contributed by atoms with Gasteiger partial charge in [0.1, 0.15) is 17.2 Å². The van der Waals surface area contributed by atoms with Gasteiger partial charge in [0, 0.05) is 54.9 Å². The van der Waals surface area contributed by atoms with Crippen molar-refractivity contribution in [1.29, 1.82) is 0 Å². The van der Waals surface area contributed by atoms with Crippen molar-refractivity contribution in [2.45, 2.75) is 36.3 Å². The number of aromatic carboxylic acids is 1. The zero-order chi connectivity index (χ0) is 69.2. The summed E-state index contributed by atoms with van der Waals surface area (Å²) >= 11 is 3.17. The third kappa shape index (κ3) is 14.2. The van der Waals surface area contributed by atoms with Crippen LogP contribution in [0.4, 0.5) is 14.4 Å². The molecule has 31 heteroatoms. The molecule has 3 aromatic heterocycles. The maximum Gasteiger partial charge on any atom is 0.357 e. The second-order valence-electron chi connectivity index (χ2n) is 21.1. The van der Waals surface area contributed by atoms with Gasteiger partial charge in [-0.3, -0.25) is 44.7 Å². The van der Waals surface area contributed by atoms with Gasteiger partial charge in [0.25, 0.3) is 35.4 Å². The summed E-state index contributed by atoms with van der Waals surface area (Å²) in [6.07, 6.45) is 9.67. The Morgan fingerprint density at radius 3 is 1.20 bits per heavy atom. The minimum atomic E-state index is -1.75. The van der Waals surface area contributed by atoms with E-state index >= 15 is 0 Å². The maximum absolute atomic E-state index is 12.9. The van der Waals surface area contributed by atoms with Crippen LogP contribution in [-0.4, -0.2) is 178 Å². The lowest BCUT2D eigenvalue weighted by Crippen LogP contribution is -2.54. The maximum atomic E-state index is 12.9. The topological polar surface area (TPSA) is 392 Å². The Kier molecular flexibility index (Phi) is 20.1. The van der Waals surface area contributed by atoms with E-state index in [4.69, 9.17) is 25.4 Å². The predicted molar refractivity (Wildman–Crippen MR) is 334 cm³/mol. The van der Waals surface area contributed by atoms with Crippen LogP contribution in [0.15, 0.2) is 114 Å². The van der Waals surface area contributed by atoms with Crippen LogP contribution in [0.3, 0.4) is 0 Å². The molecule has 3 atom stereocenters. The van der Waals surface area contributed by atoms with Crippen molar-refractivity contribution in [1.82, 2.24) is 61.6 Å². The summed E-state index contributed by atoms with van der Waals surface area (Å²) < 4.78 is 25.3. The molecular formula is C65H53BrN12O18. The molecule has 0 spiro atoms. The lowest BCUT2D eigenvalue weighted by atomic mass is 9.99. The molecule has 96 heavy (non-hydrogen) atoms. The second kappa shape index (κ2) is 28.4. The summed E-state index contributed by atoms with van der Waals surface area (Å²) in [5, 5.41) is 23.1. The summed E-state index contributed by atoms with van der Waals surface area (Å²) in [5.74, 6) is 9.36. The number of rotatable bonds is 12. The number of benzene rings is 3. The molecule has 6 aromatic rings. The average Bonchev–Trinajstić information content (AvgIpc) is 1.63. The largest absolute Gasteiger partial charge is 0.497 e. The van der Waals surface area contributed by atoms with E-state index in [1.165, 1.54) is 87.0 Å². The van der Waals surface area contributed by atoms with Crippen LogP contribution in [0.1, 0.15) is 90.4 Å². The molecule has 3 aromatic carbocycles. The number of nitrogens with one attached hydrogen (secondary N) is 6. The van der Waals surface area contributed by atoms with Crippen molar-refractivity contribution >= 4 is 87.4 Å². The number of carboxylic acids is 1. The molecule has 488 valence electrons. The Labute approximate surface area is 553 Å². The zero-order valence-electron chi connectivity index (χ0n) is 51.2. The van der Waals surface area contributed by atoms with E-state index in [-0.39, 0.29) is 73.0 Å². The number of carbonyl (C=O) groups excluding carboxylic acids is 11. The number of methoxy groups -OCH3 is 5. The Hall–Kier alpha value is -12.7. The SMILES string of the molecule is C#C[C@]1(CN2Cc3ccc(OC)cc3C2=O)NC(=O)NC1=O.COC(=O)c1ncccc1Br.COC(=O)c1ncccc1C#C[C@]1(CN2Cc3ccc(OC)cc3C2=O)NC(=O)NC1=O.COc1ccc2c(c1)C(=O)N(C[C@@]1(C#Cc3cccnc3C(=O)O)NC(=O)NC1=O)C2. The molecule has 6 aliphatic heterocycles. The lowest BCUT2D eigenvalue weighted by Gasteiger charge is -2.26. The molecule has 0 aliphatic carbocycles. The number of ether oxygens (including phenoxy) is 5. The first-order valence-corrected chi connectivity index (χ1v) is 29.0. The van der Waals surface area contributed by atoms with Crippen molar-refractivity contribution in [2.75, 3.05) is 55.2 Å². The number of halogens is 1. The number of fused-ring (bicyclic) bond motifs is 3. The Balaban J connectivity index is 0.000000158. The van der Waals surface area contributed by atoms with E-state index < -0.39 is 70.3 Å². The Morgan fingerprint density at radius 1 is 0.510 bits per heavy atom. The van der Waals surface area contributed by atoms with Crippen LogP contribution in [0, 0.1) is 36.0 Å². The van der Waals surface area contributed by atoms with Gasteiger partial charge in [0.2, 0.25) is 11.1 Å². The van der Waals surface area contributed by atoms with Crippen molar-refractivity contribution in [3.05, 3.63) is 176 Å². The van der Waals surface area contributed by atoms with Gasteiger partial charge < -0.3 is 59.4 Å². The first-order valence-electron chi connectivity index (χ1n) is 28.2. The fourth-order valence-corrected chi connectivity index (χ4v) is 10.7. The van der Waals surface area contributed by atoms with E-state index in [1.54, 1.807) is 72.8 Å². The van der Waals surface area contributed by atoms with E-state index in [0.717, 1.165) is 16.7 Å². The van der Waals surface area contributed by atoms with Crippen molar-refractivity contribution in [3.8, 4) is 53.3 Å². The monoisotopic (exact) mass is 1370 g/mol. The van der Waals surface area contributed by atoms with Gasteiger partial charge in [-0.05, 0) is 105 Å². The van der Waals surface area contributed by atoms with Gasteiger partial charge in [0.05, 0.1) is 70.8 Å². The van der Waals surface area contributed by atoms with E-state index in [0.29, 0.717) is 50.7 Å². The van der Waals surface area contributed by atoms with Crippen molar-refractivity contribution < 1.29 is 86.3 Å². The highest BCUT2D eigenvalue weighted by Crippen LogP contribution is 2.32. The number of hydrogen-bond acceptors (Lipinski definition) is 20. The van der Waals surface area contributed by atoms with Crippen LogP contribution in [0.2, 0.25) is 0 Å². The molecule has 30 nitrogen and oxygen atoms in total. The standard InChI is InChI=1S/C22H18N4O6.C21H16N4O6.C15H13N3O4.C7H6BrNO2/c1-31-15-6-5-14-11-26(18(27)16(14)10-15)12-22(20(29)24-21(30)25-22)8-7-13-4-3-9-23-17(13)19(28)32-2;1-31-14-5-4-13-10-25(17(26)15(13)9-14)11-21(19(29)23-20(30)24-21)7-6-12-3-2-8-22-16(12)18(27)28;1-3-15(13(20)16-14(21)17-15)8-18-7-9-4-5-10(22-2)6-11(9)12(18)19;1-11-7(10)6-5(8)3-2-4-9-6/h3-6,9-10H,11-12H2,1-2H3,(H2,24,25,29,30);2-5,8-9H,10-11H2,1H3,(H,27,28)(H2,23,24,29,30);1,4-6H,7-8H2,2H3,(H2,16,17,20,21);2-4H,1H3/t22-;21-;15-;/m111./s1. The zero-order valence-corrected chi connectivity index (χ0v) is 52.7. The number of urea groups is 3. The Bertz CT molecular complexity index is 4480. The van der Waals surface area contributed by atoms with Gasteiger partial charge in [-0.25, -0.2) is 43.7 Å². The van der Waals surface area contributed by atoms with E-state index in [2.05, 4.69) is 97.1 Å². The third-order valence-electron chi connectivity index (χ3n) is 15.1. The first-order chi connectivity index (χ1) is 45.9. The summed E-state index contributed by atoms with van der Waals surface area (Å²) in [7, 11) is 7.05. The molecule has 12 amide bonds. The number of pyridine rings is 3. The van der Waals surface area contributed by atoms with Gasteiger partial charge in [-0.2, -0.15) is 0 Å². The number of amides is 12. The average molecular weight is 1370 g/mol. The normalized spacial score (nSPS) is 18.8. The quantitative estimate of drug-likeness (QED) is 0.0525. The number of hydrogen-bond donors (Lipinski definition) is 7. The van der Waals surface area contributed by atoms with Crippen molar-refractivity contribution in [2.24, 2.45) is 0 Å². The highest BCUT2D eigenvalue weighted by atomic mass is 79.9. The molecule has 12 rings (SSSR count). The summed E-state index contributed by atoms with van der Waals surface area (Å²) in [6, 6.07) is 22.8. The third-order valence-corrected chi connectivity index (χ3v) is 15.7. The number of aromatic nitrogens is 3. The molecule has 0 radical (unpaired) electrons. The lowest BCUT2D eigenvalue weighted by molar-refractivity contribution is -0.123. The molecule has 6 aliphatic rings. The molecule has 0 bridgehead atoms. The Morgan fingerprint density at radius 2 is 0.854 bits per heavy atom. The molecule has 3 fully saturated rings. The van der Waals surface area contributed by atoms with Crippen molar-refractivity contribution in [3.63, 3.8) is 0 Å². The number of imide groups is 3. The fourth-order valence-electron chi connectivity index (χ4n) is 10.3. The smallest absolute Gasteiger partial charge is 0.357 e. The van der Waals surface area contributed by atoms with Gasteiger partial charge in [-0.15, -0.1) is 6.42 Å². The fraction of sp³-hybridized carbons (Fsp3) is 0.215. The second-order valence-corrected chi connectivity index (χ2v) is 21.9. The number of esters is 2. The molecule has 0 saturated carbocycles. The molecule has 7 N–H and O–H groups in total. The summed E-state index contributed by atoms with van der Waals surface area (Å²) in [5.41, 5.74) is -0.962. The number of terminal acetylenes is 1. The van der Waals surface area contributed by atoms with Crippen LogP contribution in [0.5, 0.6) is 17.2 Å². The number of nitrogens with zero attached hydrogens (tertiary/aromatic N) is 6. The minimum absolute atomic E-state index is 0.0286.